The van der Waals surface area contributed by atoms with E-state index >= 15 is 0 Å². The number of hydrogen-bond donors (Lipinski definition) is 7. The molecule has 408 valence electrons. The number of amides is 5. The minimum atomic E-state index is -4.56. The van der Waals surface area contributed by atoms with Gasteiger partial charge in [-0.3, -0.25) is 24.0 Å². The molecule has 0 unspecified atom stereocenters. The zero-order valence-electron chi connectivity index (χ0n) is 41.1. The topological polar surface area (TPSA) is 209 Å². The second kappa shape index (κ2) is 23.3. The number of carbonyl (C=O) groups excluding carboxylic acids is 5. The third kappa shape index (κ3) is 14.0. The minimum Gasteiger partial charge on any atom is -0.497 e. The van der Waals surface area contributed by atoms with Crippen LogP contribution in [0.2, 0.25) is 0 Å². The molecule has 7 aromatic rings. The van der Waals surface area contributed by atoms with Crippen molar-refractivity contribution in [1.29, 1.82) is 0 Å². The molecule has 0 spiro atoms. The third-order valence-corrected chi connectivity index (χ3v) is 12.1. The zero-order valence-corrected chi connectivity index (χ0v) is 41.1. The number of aromatic hydroxyl groups is 1. The first-order valence-electron chi connectivity index (χ1n) is 23.1. The maximum atomic E-state index is 13.2. The summed E-state index contributed by atoms with van der Waals surface area (Å²) in [6.45, 7) is -0.867. The first kappa shape index (κ1) is 56.5. The third-order valence-electron chi connectivity index (χ3n) is 12.1. The number of aromatic amines is 1. The Bertz CT molecular complexity index is 3280. The van der Waals surface area contributed by atoms with Crippen LogP contribution in [0.25, 0.3) is 10.9 Å². The Morgan fingerprint density at radius 2 is 0.833 bits per heavy atom. The summed E-state index contributed by atoms with van der Waals surface area (Å²) in [4.78, 5) is 62.1. The van der Waals surface area contributed by atoms with Crippen LogP contribution in [-0.2, 0) is 60.6 Å². The molecule has 0 radical (unpaired) electrons. The van der Waals surface area contributed by atoms with Crippen LogP contribution in [0.1, 0.15) is 75.6 Å². The van der Waals surface area contributed by atoms with E-state index in [0.29, 0.717) is 22.3 Å². The van der Waals surface area contributed by atoms with E-state index in [-0.39, 0.29) is 101 Å². The lowest BCUT2D eigenvalue weighted by Gasteiger charge is -2.15. The maximum absolute atomic E-state index is 13.2. The van der Waals surface area contributed by atoms with Crippen LogP contribution < -0.4 is 40.8 Å². The molecular weight excluding hydrogens is 1050 g/mol. The first-order valence-corrected chi connectivity index (χ1v) is 23.1. The van der Waals surface area contributed by atoms with Gasteiger partial charge in [-0.2, -0.15) is 39.5 Å². The number of rotatable bonds is 12. The van der Waals surface area contributed by atoms with Crippen LogP contribution in [0, 0.1) is 0 Å². The van der Waals surface area contributed by atoms with Crippen LogP contribution in [0.5, 0.6) is 23.1 Å². The van der Waals surface area contributed by atoms with Crippen LogP contribution in [-0.4, -0.2) is 61.0 Å². The van der Waals surface area contributed by atoms with E-state index in [0.717, 1.165) is 29.3 Å². The highest BCUT2D eigenvalue weighted by Gasteiger charge is 2.36. The van der Waals surface area contributed by atoms with Gasteiger partial charge in [0, 0.05) is 64.7 Å². The largest absolute Gasteiger partial charge is 0.497 e. The molecule has 2 aliphatic heterocycles. The molecule has 2 aliphatic rings. The number of carbonyl (C=O) groups is 5. The molecule has 3 heterocycles. The highest BCUT2D eigenvalue weighted by molar-refractivity contribution is 6.03. The number of ether oxygens (including phenoxy) is 3. The van der Waals surface area contributed by atoms with Gasteiger partial charge in [-0.1, -0.05) is 36.4 Å². The fourth-order valence-corrected chi connectivity index (χ4v) is 8.10. The van der Waals surface area contributed by atoms with E-state index in [1.165, 1.54) is 100 Å². The van der Waals surface area contributed by atoms with Crippen molar-refractivity contribution in [3.05, 3.63) is 176 Å². The molecule has 15 nitrogen and oxygen atoms in total. The average Bonchev–Trinajstić information content (AvgIpc) is 4.16. The number of halogens is 9. The van der Waals surface area contributed by atoms with Gasteiger partial charge < -0.3 is 50.9 Å². The zero-order chi connectivity index (χ0) is 56.7. The van der Waals surface area contributed by atoms with E-state index in [1.54, 1.807) is 18.2 Å². The van der Waals surface area contributed by atoms with Gasteiger partial charge in [-0.05, 0) is 101 Å². The van der Waals surface area contributed by atoms with Gasteiger partial charge in [0.2, 0.25) is 11.8 Å². The average molecular weight is 1090 g/mol. The molecule has 0 saturated carbocycles. The van der Waals surface area contributed by atoms with Gasteiger partial charge >= 0.3 is 18.5 Å². The van der Waals surface area contributed by atoms with Crippen molar-refractivity contribution < 1.29 is 82.8 Å². The highest BCUT2D eigenvalue weighted by Crippen LogP contribution is 2.37. The number of methoxy groups -OCH3 is 3. The van der Waals surface area contributed by atoms with Gasteiger partial charge in [-0.25, -0.2) is 0 Å². The summed E-state index contributed by atoms with van der Waals surface area (Å²) in [6, 6.07) is 26.3. The van der Waals surface area contributed by atoms with Crippen molar-refractivity contribution in [1.82, 2.24) is 20.9 Å². The second-order valence-electron chi connectivity index (χ2n) is 17.3. The lowest BCUT2D eigenvalue weighted by Crippen LogP contribution is -2.24. The molecular formula is C54H45F9N6O9. The van der Waals surface area contributed by atoms with E-state index in [2.05, 4.69) is 31.6 Å². The molecule has 0 fully saturated rings. The van der Waals surface area contributed by atoms with E-state index in [4.69, 9.17) is 14.2 Å². The number of aromatic nitrogens is 1. The van der Waals surface area contributed by atoms with Crippen molar-refractivity contribution in [3.63, 3.8) is 0 Å². The van der Waals surface area contributed by atoms with Crippen LogP contribution >= 0.6 is 0 Å². The van der Waals surface area contributed by atoms with E-state index in [1.807, 2.05) is 0 Å². The van der Waals surface area contributed by atoms with Crippen LogP contribution in [0.15, 0.2) is 115 Å². The number of benzene rings is 6. The lowest BCUT2D eigenvalue weighted by molar-refractivity contribution is -0.139. The molecule has 0 bridgehead atoms. The summed E-state index contributed by atoms with van der Waals surface area (Å²) in [7, 11) is 3.85. The van der Waals surface area contributed by atoms with Crippen molar-refractivity contribution in [2.45, 2.75) is 51.0 Å². The Morgan fingerprint density at radius 3 is 1.18 bits per heavy atom. The summed E-state index contributed by atoms with van der Waals surface area (Å²) < 4.78 is 133. The lowest BCUT2D eigenvalue weighted by atomic mass is 10.1. The number of fused-ring (bicyclic) bond motifs is 3. The predicted octanol–water partition coefficient (Wildman–Crippen LogP) is 10.1. The second-order valence-corrected chi connectivity index (χ2v) is 17.3. The van der Waals surface area contributed by atoms with Gasteiger partial charge in [0.1, 0.15) is 17.2 Å². The minimum absolute atomic E-state index is 0.0365. The van der Waals surface area contributed by atoms with E-state index < -0.39 is 52.9 Å². The van der Waals surface area contributed by atoms with Crippen LogP contribution in [0.4, 0.5) is 50.9 Å². The predicted molar refractivity (Wildman–Crippen MR) is 265 cm³/mol. The number of anilines is 2. The van der Waals surface area contributed by atoms with Crippen molar-refractivity contribution in [2.75, 3.05) is 32.0 Å². The molecule has 5 amide bonds. The summed E-state index contributed by atoms with van der Waals surface area (Å²) in [5.41, 5.74) is 1.19. The van der Waals surface area contributed by atoms with Gasteiger partial charge in [0.05, 0.1) is 50.9 Å². The van der Waals surface area contributed by atoms with Crippen molar-refractivity contribution in [2.24, 2.45) is 0 Å². The van der Waals surface area contributed by atoms with Crippen LogP contribution in [0.3, 0.4) is 0 Å². The summed E-state index contributed by atoms with van der Waals surface area (Å²) in [5.74, 6) is -1.68. The fourth-order valence-electron chi connectivity index (χ4n) is 8.10. The molecule has 24 heteroatoms. The first-order chi connectivity index (χ1) is 36.8. The van der Waals surface area contributed by atoms with Crippen molar-refractivity contribution >= 4 is 51.8 Å². The van der Waals surface area contributed by atoms with E-state index in [9.17, 15) is 68.6 Å². The maximum Gasteiger partial charge on any atom is 0.416 e. The molecule has 1 aromatic heterocycles. The van der Waals surface area contributed by atoms with Gasteiger partial charge in [-0.15, -0.1) is 0 Å². The Labute approximate surface area is 437 Å². The molecule has 0 atom stereocenters. The molecule has 0 saturated heterocycles. The summed E-state index contributed by atoms with van der Waals surface area (Å²) >= 11 is 0. The standard InChI is InChI=1S/3C18H15F3N2O3/c3*1-26-13-5-4-12(14(8-13)18(19,20)21)9-22-17(25)11-3-2-10-7-16(24)23-15(10)6-11/h2*2-6,8H,7,9H2,1H3,(H,22,25)(H,23,24);2-8,23-24H,9H2,1H3,(H,22,25). The quantitative estimate of drug-likeness (QED) is 0.0580. The van der Waals surface area contributed by atoms with Crippen molar-refractivity contribution in [3.8, 4) is 23.1 Å². The summed E-state index contributed by atoms with van der Waals surface area (Å²) in [5, 5.41) is 22.8. The number of nitrogens with one attached hydrogen (secondary N) is 6. The Hall–Kier alpha value is -9.22. The SMILES string of the molecule is COc1ccc(CNC(=O)c2ccc3c(c2)NC(=O)C3)c(C(F)(F)F)c1.COc1ccc(CNC(=O)c2ccc3c(c2)NC(=O)C3)c(C(F)(F)F)c1.COc1ccc(CNC(=O)c2ccc3cc(O)[nH]c3c2)c(C(F)(F)F)c1. The molecule has 0 aliphatic carbocycles. The smallest absolute Gasteiger partial charge is 0.416 e. The molecule has 7 N–H and O–H groups in total. The Kier molecular flexibility index (Phi) is 16.9. The Balaban J connectivity index is 0.000000170. The summed E-state index contributed by atoms with van der Waals surface area (Å²) in [6.07, 6.45) is -13.2. The Morgan fingerprint density at radius 1 is 0.487 bits per heavy atom. The fraction of sp³-hybridized carbons (Fsp3) is 0.204. The number of hydrogen-bond acceptors (Lipinski definition) is 9. The number of H-pyrrole nitrogens is 1. The molecule has 78 heavy (non-hydrogen) atoms. The highest BCUT2D eigenvalue weighted by atomic mass is 19.4. The van der Waals surface area contributed by atoms with Gasteiger partial charge in [0.15, 0.2) is 5.88 Å². The normalized spacial score (nSPS) is 12.6. The van der Waals surface area contributed by atoms with Gasteiger partial charge in [0.25, 0.3) is 17.7 Å². The molecule has 9 rings (SSSR count). The molecule has 6 aromatic carbocycles. The number of alkyl halides is 9. The monoisotopic (exact) mass is 1090 g/mol.